The highest BCUT2D eigenvalue weighted by Gasteiger charge is 2.60. The minimum atomic E-state index is -1.86. The van der Waals surface area contributed by atoms with Gasteiger partial charge in [-0.05, 0) is 38.4 Å². The number of alkyl carbamates (subject to hydrolysis) is 1. The number of nitriles is 1. The highest BCUT2D eigenvalue weighted by molar-refractivity contribution is 7.99. The van der Waals surface area contributed by atoms with E-state index >= 15 is 0 Å². The Kier molecular flexibility index (Phi) is 10.1. The Bertz CT molecular complexity index is 1840. The number of fused-ring (bicyclic) bond motifs is 9. The van der Waals surface area contributed by atoms with Crippen LogP contribution >= 0.6 is 46.6 Å². The van der Waals surface area contributed by atoms with Crippen molar-refractivity contribution in [2.75, 3.05) is 53.8 Å². The Labute approximate surface area is 319 Å². The van der Waals surface area contributed by atoms with Crippen LogP contribution in [0, 0.1) is 25.2 Å². The average molecular weight is 800 g/mol. The lowest BCUT2D eigenvalue weighted by Crippen LogP contribution is -2.69. The van der Waals surface area contributed by atoms with Crippen LogP contribution in [0.25, 0.3) is 0 Å². The summed E-state index contributed by atoms with van der Waals surface area (Å²) in [5.41, 5.74) is 4.40. The number of ether oxygens (including phenoxy) is 7. The Balaban J connectivity index is 1.42. The van der Waals surface area contributed by atoms with E-state index in [0.717, 1.165) is 16.7 Å². The van der Waals surface area contributed by atoms with Crippen LogP contribution in [-0.2, 0) is 25.4 Å². The van der Waals surface area contributed by atoms with Crippen molar-refractivity contribution in [1.82, 2.24) is 15.1 Å². The molecule has 1 amide bonds. The third kappa shape index (κ3) is 6.10. The fraction of sp³-hybridized carbons (Fsp3) is 0.559. The maximum atomic E-state index is 13.7. The predicted octanol–water partition coefficient (Wildman–Crippen LogP) is 4.75. The Morgan fingerprint density at radius 2 is 1.90 bits per heavy atom. The smallest absolute Gasteiger partial charge is 0.408 e. The van der Waals surface area contributed by atoms with Crippen LogP contribution in [0.3, 0.4) is 0 Å². The number of methoxy groups -OCH3 is 2. The van der Waals surface area contributed by atoms with Gasteiger partial charge >= 0.3 is 12.1 Å². The number of aryl methyl sites for hydroxylation is 1. The van der Waals surface area contributed by atoms with E-state index in [2.05, 4.69) is 27.3 Å². The number of phenolic OH excluding ortho intramolecular Hbond substituents is 1. The summed E-state index contributed by atoms with van der Waals surface area (Å²) in [7, 11) is 5.11. The first kappa shape index (κ1) is 37.1. The van der Waals surface area contributed by atoms with Gasteiger partial charge in [0.1, 0.15) is 31.0 Å². The maximum absolute atomic E-state index is 13.7. The van der Waals surface area contributed by atoms with Gasteiger partial charge in [-0.15, -0.1) is 11.8 Å². The second-order valence-corrected chi connectivity index (χ2v) is 16.9. The molecule has 7 atom stereocenters. The maximum Gasteiger partial charge on any atom is 0.408 e. The fourth-order valence-electron chi connectivity index (χ4n) is 8.38. The topological polar surface area (TPSA) is 161 Å². The molecule has 0 aromatic heterocycles. The highest BCUT2D eigenvalue weighted by atomic mass is 35.6. The first-order chi connectivity index (χ1) is 24.8. The standard InChI is InChI=1S/C34H37Cl3N4O10S/c1-14-6-16-7-18-19(8-38)41-20-9-47-32(43)17(39-33(44)48-11-34(35,36)37)10-52-31(23-22(20)30-28(50-13-51-30)15(2)26(23)42)25(41)24(40(18)3)21(16)29(27(14)46-5)49-12-45-4/h6,17-20,24-25,31,42H,7,9-13H2,1-5H3,(H,39,44)/t17-,18+,19+,20+,24-,25?,31-/m1/s1. The van der Waals surface area contributed by atoms with E-state index in [-0.39, 0.29) is 37.7 Å². The number of carbonyl (C=O) groups is 2. The van der Waals surface area contributed by atoms with Crippen LogP contribution in [0.15, 0.2) is 6.07 Å². The third-order valence-electron chi connectivity index (χ3n) is 10.4. The minimum Gasteiger partial charge on any atom is -0.507 e. The van der Waals surface area contributed by atoms with Gasteiger partial charge in [0, 0.05) is 47.2 Å². The van der Waals surface area contributed by atoms with Crippen molar-refractivity contribution in [3.63, 3.8) is 0 Å². The number of thioether (sulfide) groups is 1. The number of alkyl halides is 3. The first-order valence-electron chi connectivity index (χ1n) is 16.4. The van der Waals surface area contributed by atoms with E-state index in [0.29, 0.717) is 46.1 Å². The number of esters is 1. The van der Waals surface area contributed by atoms with Crippen molar-refractivity contribution in [1.29, 1.82) is 5.26 Å². The molecule has 2 fully saturated rings. The van der Waals surface area contributed by atoms with Crippen molar-refractivity contribution in [3.05, 3.63) is 39.4 Å². The van der Waals surface area contributed by atoms with Crippen LogP contribution in [0.2, 0.25) is 0 Å². The number of hydrogen-bond donors (Lipinski definition) is 2. The van der Waals surface area contributed by atoms with Crippen LogP contribution in [-0.4, -0.2) is 109 Å². The monoisotopic (exact) mass is 798 g/mol. The molecular formula is C34H37Cl3N4O10S. The molecule has 5 aliphatic rings. The number of phenols is 1. The molecule has 0 aliphatic carbocycles. The number of cyclic esters (lactones) is 1. The van der Waals surface area contributed by atoms with Crippen molar-refractivity contribution < 1.29 is 47.9 Å². The number of likely N-dealkylation sites (N-methyl/N-ethyl adjacent to an activating group) is 1. The van der Waals surface area contributed by atoms with Gasteiger partial charge in [-0.25, -0.2) is 9.59 Å². The van der Waals surface area contributed by atoms with Crippen molar-refractivity contribution in [2.24, 2.45) is 0 Å². The molecule has 1 unspecified atom stereocenters. The lowest BCUT2D eigenvalue weighted by atomic mass is 9.71. The van der Waals surface area contributed by atoms with E-state index < -0.39 is 57.9 Å². The number of amides is 1. The van der Waals surface area contributed by atoms with Crippen molar-refractivity contribution >= 4 is 58.6 Å². The molecule has 5 heterocycles. The second-order valence-electron chi connectivity index (χ2n) is 13.2. The highest BCUT2D eigenvalue weighted by Crippen LogP contribution is 2.64. The summed E-state index contributed by atoms with van der Waals surface area (Å²) >= 11 is 18.6. The van der Waals surface area contributed by atoms with E-state index in [1.807, 2.05) is 14.0 Å². The van der Waals surface area contributed by atoms with Gasteiger partial charge in [-0.3, -0.25) is 9.80 Å². The van der Waals surface area contributed by atoms with Gasteiger partial charge in [-0.2, -0.15) is 5.26 Å². The molecule has 5 aliphatic heterocycles. The van der Waals surface area contributed by atoms with Gasteiger partial charge in [0.15, 0.2) is 29.8 Å². The largest absolute Gasteiger partial charge is 0.507 e. The molecule has 0 saturated carbocycles. The van der Waals surface area contributed by atoms with Crippen molar-refractivity contribution in [3.8, 4) is 34.8 Å². The number of halogens is 3. The lowest BCUT2D eigenvalue weighted by Gasteiger charge is -2.61. The number of hydrogen-bond acceptors (Lipinski definition) is 14. The molecule has 280 valence electrons. The number of nitrogens with zero attached hydrogens (tertiary/aromatic N) is 3. The van der Waals surface area contributed by atoms with Crippen LogP contribution in [0.5, 0.6) is 28.7 Å². The van der Waals surface area contributed by atoms with Gasteiger partial charge in [0.25, 0.3) is 0 Å². The Morgan fingerprint density at radius 3 is 2.60 bits per heavy atom. The van der Waals surface area contributed by atoms with Gasteiger partial charge in [0.05, 0.1) is 30.5 Å². The Hall–Kier alpha value is -3.23. The minimum absolute atomic E-state index is 0.00607. The average Bonchev–Trinajstić information content (AvgIpc) is 3.59. The zero-order valence-corrected chi connectivity index (χ0v) is 32.0. The van der Waals surface area contributed by atoms with Crippen LogP contribution < -0.4 is 24.3 Å². The molecule has 52 heavy (non-hydrogen) atoms. The molecule has 2 N–H and O–H groups in total. The van der Waals surface area contributed by atoms with E-state index in [1.165, 1.54) is 11.8 Å². The molecular weight excluding hydrogens is 763 g/mol. The molecule has 18 heteroatoms. The van der Waals surface area contributed by atoms with E-state index in [9.17, 15) is 20.0 Å². The summed E-state index contributed by atoms with van der Waals surface area (Å²) in [6.45, 7) is 2.81. The number of nitrogens with one attached hydrogen (secondary N) is 1. The normalized spacial score (nSPS) is 27.8. The van der Waals surface area contributed by atoms with E-state index in [4.69, 9.17) is 68.0 Å². The molecule has 2 aromatic carbocycles. The molecule has 0 spiro atoms. The second kappa shape index (κ2) is 14.2. The summed E-state index contributed by atoms with van der Waals surface area (Å²) in [5.74, 6) is 1.18. The number of rotatable bonds is 6. The van der Waals surface area contributed by atoms with E-state index in [1.54, 1.807) is 21.1 Å². The first-order valence-corrected chi connectivity index (χ1v) is 18.6. The van der Waals surface area contributed by atoms with Crippen LogP contribution in [0.4, 0.5) is 4.79 Å². The molecule has 2 saturated heterocycles. The van der Waals surface area contributed by atoms with Gasteiger partial charge < -0.3 is 43.6 Å². The van der Waals surface area contributed by atoms with Crippen molar-refractivity contribution in [2.45, 2.75) is 65.6 Å². The zero-order valence-electron chi connectivity index (χ0n) is 28.9. The molecule has 2 aromatic rings. The number of benzene rings is 2. The molecule has 0 radical (unpaired) electrons. The summed E-state index contributed by atoms with van der Waals surface area (Å²) in [6, 6.07) is 0.820. The summed E-state index contributed by atoms with van der Waals surface area (Å²) < 4.78 is 38.6. The summed E-state index contributed by atoms with van der Waals surface area (Å²) in [5, 5.41) is 25.0. The SMILES string of the molecule is COCOc1c(OC)c(C)cc2c1[C@@H]1C3[C@@H]4SC[C@@H](NC(=O)OCC(Cl)(Cl)Cl)C(=O)OC[C@@H](c5c6c(c(C)c(O)c54)OCO6)N3[C@@H](C#N)[C@H](C2)N1C. The number of piperazine rings is 1. The zero-order chi connectivity index (χ0) is 37.2. The summed E-state index contributed by atoms with van der Waals surface area (Å²) in [4.78, 5) is 30.8. The van der Waals surface area contributed by atoms with Crippen LogP contribution in [0.1, 0.15) is 50.7 Å². The fourth-order valence-corrected chi connectivity index (χ4v) is 10.1. The predicted molar refractivity (Wildman–Crippen MR) is 190 cm³/mol. The van der Waals surface area contributed by atoms with Gasteiger partial charge in [0.2, 0.25) is 10.6 Å². The molecule has 4 bridgehead atoms. The number of aromatic hydroxyl groups is 1. The molecule has 14 nitrogen and oxygen atoms in total. The lowest BCUT2D eigenvalue weighted by molar-refractivity contribution is -0.151. The Morgan fingerprint density at radius 1 is 1.15 bits per heavy atom. The number of carbonyl (C=O) groups excluding carboxylic acids is 2. The quantitative estimate of drug-likeness (QED) is 0.234. The molecule has 7 rings (SSSR count). The third-order valence-corrected chi connectivity index (χ3v) is 12.1. The van der Waals surface area contributed by atoms with Gasteiger partial charge in [-0.1, -0.05) is 40.9 Å². The summed E-state index contributed by atoms with van der Waals surface area (Å²) in [6.07, 6.45) is -0.456.